The van der Waals surface area contributed by atoms with E-state index in [0.717, 1.165) is 6.42 Å². The third kappa shape index (κ3) is 2.55. The van der Waals surface area contributed by atoms with Crippen LogP contribution in [0.4, 0.5) is 0 Å². The van der Waals surface area contributed by atoms with Gasteiger partial charge >= 0.3 is 0 Å². The molecule has 0 aromatic carbocycles. The Balaban J connectivity index is 2.83. The molecule has 0 spiro atoms. The maximum absolute atomic E-state index is 10.6. The fourth-order valence-electron chi connectivity index (χ4n) is 1.18. The molecule has 0 heterocycles. The molecule has 1 aliphatic rings. The summed E-state index contributed by atoms with van der Waals surface area (Å²) in [6.07, 6.45) is 4.26. The predicted octanol–water partition coefficient (Wildman–Crippen LogP) is 1.81. The highest BCUT2D eigenvalue weighted by atomic mass is 79.9. The number of nitrogens with zero attached hydrogens (tertiary/aromatic N) is 1. The van der Waals surface area contributed by atoms with E-state index in [1.165, 1.54) is 0 Å². The number of rotatable bonds is 3. The molecule has 0 aromatic heterocycles. The smallest absolute Gasteiger partial charge is 0.289 e. The normalized spacial score (nSPS) is 21.8. The van der Waals surface area contributed by atoms with Crippen molar-refractivity contribution in [1.29, 1.82) is 0 Å². The molecular weight excluding hydrogens is 236 g/mol. The number of hydrogen-bond donors (Lipinski definition) is 1. The van der Waals surface area contributed by atoms with Crippen molar-refractivity contribution in [3.8, 4) is 0 Å². The van der Waals surface area contributed by atoms with Crippen LogP contribution in [0.15, 0.2) is 23.5 Å². The van der Waals surface area contributed by atoms with Crippen molar-refractivity contribution in [2.45, 2.75) is 18.2 Å². The van der Waals surface area contributed by atoms with Crippen LogP contribution in [0, 0.1) is 10.1 Å². The van der Waals surface area contributed by atoms with Gasteiger partial charge in [-0.1, -0.05) is 22.0 Å². The van der Waals surface area contributed by atoms with Gasteiger partial charge in [0.05, 0.1) is 4.92 Å². The Morgan fingerprint density at radius 1 is 1.85 bits per heavy atom. The number of halogens is 1. The fraction of sp³-hybridized carbons (Fsp3) is 0.500. The second kappa shape index (κ2) is 4.41. The molecule has 13 heavy (non-hydrogen) atoms. The number of likely N-dealkylation sites (N-methyl/N-ethyl adjacent to an activating group) is 1. The maximum atomic E-state index is 10.6. The second-order valence-corrected chi connectivity index (χ2v) is 3.88. The van der Waals surface area contributed by atoms with Crippen LogP contribution in [-0.2, 0) is 0 Å². The third-order valence-electron chi connectivity index (χ3n) is 1.73. The molecule has 5 heteroatoms. The minimum Gasteiger partial charge on any atom is -0.380 e. The first-order chi connectivity index (χ1) is 6.15. The second-order valence-electron chi connectivity index (χ2n) is 2.71. The van der Waals surface area contributed by atoms with Gasteiger partial charge in [-0.05, 0) is 13.3 Å². The van der Waals surface area contributed by atoms with E-state index < -0.39 is 0 Å². The molecule has 0 radical (unpaired) electrons. The molecule has 0 aromatic rings. The van der Waals surface area contributed by atoms with Crippen LogP contribution in [-0.4, -0.2) is 16.3 Å². The molecule has 72 valence electrons. The molecule has 0 fully saturated rings. The summed E-state index contributed by atoms with van der Waals surface area (Å²) in [5.41, 5.74) is 0.790. The van der Waals surface area contributed by atoms with E-state index >= 15 is 0 Å². The first-order valence-electron chi connectivity index (χ1n) is 4.09. The van der Waals surface area contributed by atoms with E-state index in [4.69, 9.17) is 0 Å². The highest BCUT2D eigenvalue weighted by Crippen LogP contribution is 2.21. The lowest BCUT2D eigenvalue weighted by Crippen LogP contribution is -2.21. The molecule has 0 saturated heterocycles. The van der Waals surface area contributed by atoms with Gasteiger partial charge < -0.3 is 5.32 Å². The van der Waals surface area contributed by atoms with Gasteiger partial charge in [0.1, 0.15) is 5.70 Å². The van der Waals surface area contributed by atoms with Gasteiger partial charge in [-0.25, -0.2) is 0 Å². The zero-order valence-corrected chi connectivity index (χ0v) is 8.87. The molecule has 1 rings (SSSR count). The van der Waals surface area contributed by atoms with Crippen LogP contribution in [0.5, 0.6) is 0 Å². The average molecular weight is 247 g/mol. The van der Waals surface area contributed by atoms with Crippen LogP contribution in [0.2, 0.25) is 0 Å². The van der Waals surface area contributed by atoms with Crippen molar-refractivity contribution >= 4 is 15.9 Å². The SMILES string of the molecule is CCNC1=CCC(Br)C=C1[N+](=O)[O-]. The van der Waals surface area contributed by atoms with Crippen LogP contribution < -0.4 is 5.32 Å². The topological polar surface area (TPSA) is 55.2 Å². The van der Waals surface area contributed by atoms with Crippen molar-refractivity contribution in [2.75, 3.05) is 6.54 Å². The number of allylic oxidation sites excluding steroid dienone is 2. The number of alkyl halides is 1. The molecule has 1 N–H and O–H groups in total. The van der Waals surface area contributed by atoms with Gasteiger partial charge in [0.15, 0.2) is 0 Å². The minimum absolute atomic E-state index is 0.0790. The van der Waals surface area contributed by atoms with E-state index in [9.17, 15) is 10.1 Å². The lowest BCUT2D eigenvalue weighted by atomic mass is 10.1. The van der Waals surface area contributed by atoms with Gasteiger partial charge in [-0.2, -0.15) is 0 Å². The van der Waals surface area contributed by atoms with Gasteiger partial charge in [0.25, 0.3) is 5.70 Å². The van der Waals surface area contributed by atoms with Crippen molar-refractivity contribution in [3.05, 3.63) is 33.7 Å². The summed E-state index contributed by atoms with van der Waals surface area (Å²) in [7, 11) is 0. The summed E-state index contributed by atoms with van der Waals surface area (Å²) in [6, 6.07) is 0. The van der Waals surface area contributed by atoms with Gasteiger partial charge in [-0.15, -0.1) is 0 Å². The average Bonchev–Trinajstić information content (AvgIpc) is 2.08. The van der Waals surface area contributed by atoms with Crippen LogP contribution >= 0.6 is 15.9 Å². The quantitative estimate of drug-likeness (QED) is 0.470. The Labute approximate surface area is 85.0 Å². The molecule has 0 aliphatic heterocycles. The van der Waals surface area contributed by atoms with Crippen molar-refractivity contribution in [2.24, 2.45) is 0 Å². The van der Waals surface area contributed by atoms with Crippen LogP contribution in [0.25, 0.3) is 0 Å². The van der Waals surface area contributed by atoms with E-state index in [-0.39, 0.29) is 15.4 Å². The standard InChI is InChI=1S/C8H11BrN2O2/c1-2-10-7-4-3-6(9)5-8(7)11(12)13/h4-6,10H,2-3H2,1H3. The van der Waals surface area contributed by atoms with E-state index in [1.807, 2.05) is 13.0 Å². The van der Waals surface area contributed by atoms with E-state index in [0.29, 0.717) is 12.2 Å². The summed E-state index contributed by atoms with van der Waals surface area (Å²) in [6.45, 7) is 2.61. The number of hydrogen-bond acceptors (Lipinski definition) is 3. The van der Waals surface area contributed by atoms with Crippen LogP contribution in [0.1, 0.15) is 13.3 Å². The first kappa shape index (κ1) is 10.2. The summed E-state index contributed by atoms with van der Waals surface area (Å²) < 4.78 is 0. The maximum Gasteiger partial charge on any atom is 0.289 e. The number of nitrogens with one attached hydrogen (secondary N) is 1. The minimum atomic E-state index is -0.359. The van der Waals surface area contributed by atoms with Crippen molar-refractivity contribution < 1.29 is 4.92 Å². The lowest BCUT2D eigenvalue weighted by molar-refractivity contribution is -0.421. The Morgan fingerprint density at radius 2 is 2.54 bits per heavy atom. The zero-order valence-electron chi connectivity index (χ0n) is 7.29. The first-order valence-corrected chi connectivity index (χ1v) is 5.01. The molecular formula is C8H11BrN2O2. The Morgan fingerprint density at radius 3 is 3.08 bits per heavy atom. The Bertz CT molecular complexity index is 273. The van der Waals surface area contributed by atoms with Crippen molar-refractivity contribution in [1.82, 2.24) is 5.32 Å². The lowest BCUT2D eigenvalue weighted by Gasteiger charge is -2.13. The Kier molecular flexibility index (Phi) is 3.48. The number of nitro groups is 1. The highest BCUT2D eigenvalue weighted by molar-refractivity contribution is 9.09. The van der Waals surface area contributed by atoms with Gasteiger partial charge in [0, 0.05) is 17.4 Å². The zero-order chi connectivity index (χ0) is 9.84. The third-order valence-corrected chi connectivity index (χ3v) is 2.36. The molecule has 1 unspecified atom stereocenters. The molecule has 1 aliphatic carbocycles. The molecule has 0 amide bonds. The van der Waals surface area contributed by atoms with Crippen molar-refractivity contribution in [3.63, 3.8) is 0 Å². The molecule has 1 atom stereocenters. The molecule has 0 bridgehead atoms. The monoisotopic (exact) mass is 246 g/mol. The fourth-order valence-corrected chi connectivity index (χ4v) is 1.61. The summed E-state index contributed by atoms with van der Waals surface area (Å²) in [4.78, 5) is 10.3. The summed E-state index contributed by atoms with van der Waals surface area (Å²) in [5, 5.41) is 13.6. The highest BCUT2D eigenvalue weighted by Gasteiger charge is 2.22. The molecule has 0 saturated carbocycles. The van der Waals surface area contributed by atoms with E-state index in [2.05, 4.69) is 21.2 Å². The summed E-state index contributed by atoms with van der Waals surface area (Å²) in [5.74, 6) is 0. The largest absolute Gasteiger partial charge is 0.380 e. The van der Waals surface area contributed by atoms with Crippen LogP contribution in [0.3, 0.4) is 0 Å². The predicted molar refractivity (Wildman–Crippen MR) is 54.2 cm³/mol. The molecule has 4 nitrogen and oxygen atoms in total. The van der Waals surface area contributed by atoms with Gasteiger partial charge in [-0.3, -0.25) is 10.1 Å². The van der Waals surface area contributed by atoms with Gasteiger partial charge in [0.2, 0.25) is 0 Å². The summed E-state index contributed by atoms with van der Waals surface area (Å²) >= 11 is 3.32. The Hall–Kier alpha value is -0.840. The van der Waals surface area contributed by atoms with E-state index in [1.54, 1.807) is 6.08 Å².